The Labute approximate surface area is 185 Å². The molecule has 0 unspecified atom stereocenters. The van der Waals surface area contributed by atoms with Gasteiger partial charge in [-0.3, -0.25) is 9.69 Å². The van der Waals surface area contributed by atoms with E-state index >= 15 is 0 Å². The largest absolute Gasteiger partial charge is 0.423 e. The Morgan fingerprint density at radius 1 is 1.23 bits per heavy atom. The van der Waals surface area contributed by atoms with Crippen LogP contribution in [0.5, 0.6) is 5.75 Å². The van der Waals surface area contributed by atoms with Crippen molar-refractivity contribution in [3.05, 3.63) is 70.1 Å². The normalized spacial score (nSPS) is 20.2. The standard InChI is InChI=1S/C23H21NO4S2/c1-15-4-8-17(9-5-15)22(26)28-18-10-6-16(7-11-18)13-20-21(25)24(23(29)30-20)14-19-3-2-12-27-19/h4-11,13,19H,2-3,12,14H2,1H3/b20-13-/t19-/m0/s1. The summed E-state index contributed by atoms with van der Waals surface area (Å²) in [5.74, 6) is -0.0446. The first-order chi connectivity index (χ1) is 14.5. The van der Waals surface area contributed by atoms with E-state index in [9.17, 15) is 9.59 Å². The number of hydrogen-bond donors (Lipinski definition) is 0. The lowest BCUT2D eigenvalue weighted by atomic mass is 10.1. The minimum absolute atomic E-state index is 0.0642. The first kappa shape index (κ1) is 20.8. The van der Waals surface area contributed by atoms with E-state index in [4.69, 9.17) is 21.7 Å². The minimum atomic E-state index is -0.405. The molecule has 7 heteroatoms. The number of nitrogens with zero attached hydrogens (tertiary/aromatic N) is 1. The molecule has 2 aliphatic rings. The van der Waals surface area contributed by atoms with Crippen LogP contribution in [0.15, 0.2) is 53.4 Å². The van der Waals surface area contributed by atoms with E-state index in [0.717, 1.165) is 30.6 Å². The van der Waals surface area contributed by atoms with Gasteiger partial charge in [0.2, 0.25) is 0 Å². The Bertz CT molecular complexity index is 993. The Hall–Kier alpha value is -2.48. The number of thioether (sulfide) groups is 1. The van der Waals surface area contributed by atoms with Gasteiger partial charge in [0.1, 0.15) is 10.1 Å². The van der Waals surface area contributed by atoms with E-state index in [1.54, 1.807) is 35.2 Å². The second-order valence-corrected chi connectivity index (χ2v) is 8.93. The van der Waals surface area contributed by atoms with Crippen LogP contribution < -0.4 is 4.74 Å². The molecule has 0 radical (unpaired) electrons. The van der Waals surface area contributed by atoms with E-state index < -0.39 is 5.97 Å². The van der Waals surface area contributed by atoms with Gasteiger partial charge in [-0.15, -0.1) is 0 Å². The number of esters is 1. The fourth-order valence-electron chi connectivity index (χ4n) is 3.29. The van der Waals surface area contributed by atoms with Gasteiger partial charge in [-0.2, -0.15) is 0 Å². The van der Waals surface area contributed by atoms with Crippen molar-refractivity contribution >= 4 is 46.3 Å². The van der Waals surface area contributed by atoms with Gasteiger partial charge >= 0.3 is 5.97 Å². The Morgan fingerprint density at radius 2 is 1.97 bits per heavy atom. The molecule has 1 atom stereocenters. The molecule has 1 amide bonds. The van der Waals surface area contributed by atoms with Crippen molar-refractivity contribution in [1.29, 1.82) is 0 Å². The van der Waals surface area contributed by atoms with Crippen molar-refractivity contribution in [1.82, 2.24) is 4.90 Å². The van der Waals surface area contributed by atoms with Crippen LogP contribution >= 0.6 is 24.0 Å². The summed E-state index contributed by atoms with van der Waals surface area (Å²) in [5, 5.41) is 0. The van der Waals surface area contributed by atoms with Gasteiger partial charge in [0.25, 0.3) is 5.91 Å². The lowest BCUT2D eigenvalue weighted by molar-refractivity contribution is -0.123. The first-order valence-electron chi connectivity index (χ1n) is 9.75. The van der Waals surface area contributed by atoms with Crippen LogP contribution in [-0.4, -0.2) is 40.4 Å². The van der Waals surface area contributed by atoms with Gasteiger partial charge in [-0.1, -0.05) is 53.8 Å². The lowest BCUT2D eigenvalue weighted by Gasteiger charge is -2.18. The third-order valence-electron chi connectivity index (χ3n) is 4.96. The Kier molecular flexibility index (Phi) is 6.32. The van der Waals surface area contributed by atoms with Gasteiger partial charge in [0.05, 0.1) is 23.1 Å². The summed E-state index contributed by atoms with van der Waals surface area (Å²) in [6.07, 6.45) is 3.85. The molecule has 0 aromatic heterocycles. The number of rotatable bonds is 5. The van der Waals surface area contributed by atoms with Gasteiger partial charge in [0.15, 0.2) is 0 Å². The molecular weight excluding hydrogens is 418 g/mol. The van der Waals surface area contributed by atoms with E-state index in [1.165, 1.54) is 11.8 Å². The van der Waals surface area contributed by atoms with E-state index in [0.29, 0.717) is 27.1 Å². The topological polar surface area (TPSA) is 55.8 Å². The summed E-state index contributed by atoms with van der Waals surface area (Å²) < 4.78 is 11.6. The predicted octanol–water partition coefficient (Wildman–Crippen LogP) is 4.59. The molecule has 5 nitrogen and oxygen atoms in total. The maximum absolute atomic E-state index is 12.7. The number of amides is 1. The zero-order chi connectivity index (χ0) is 21.1. The monoisotopic (exact) mass is 439 g/mol. The highest BCUT2D eigenvalue weighted by Gasteiger charge is 2.34. The number of ether oxygens (including phenoxy) is 2. The van der Waals surface area contributed by atoms with Crippen molar-refractivity contribution in [2.24, 2.45) is 0 Å². The number of carbonyl (C=O) groups is 2. The fourth-order valence-corrected chi connectivity index (χ4v) is 4.56. The molecule has 2 fully saturated rings. The highest BCUT2D eigenvalue weighted by Crippen LogP contribution is 2.33. The zero-order valence-electron chi connectivity index (χ0n) is 16.5. The van der Waals surface area contributed by atoms with Crippen LogP contribution in [0.1, 0.15) is 34.3 Å². The summed E-state index contributed by atoms with van der Waals surface area (Å²) in [4.78, 5) is 27.2. The third kappa shape index (κ3) is 4.80. The quantitative estimate of drug-likeness (QED) is 0.294. The number of benzene rings is 2. The summed E-state index contributed by atoms with van der Waals surface area (Å²) in [6, 6.07) is 14.3. The lowest BCUT2D eigenvalue weighted by Crippen LogP contribution is -2.35. The van der Waals surface area contributed by atoms with Crippen LogP contribution in [0, 0.1) is 6.92 Å². The molecule has 2 aliphatic heterocycles. The van der Waals surface area contributed by atoms with Gasteiger partial charge in [-0.05, 0) is 55.7 Å². The molecule has 2 saturated heterocycles. The fraction of sp³-hybridized carbons (Fsp3) is 0.261. The van der Waals surface area contributed by atoms with Crippen LogP contribution in [0.3, 0.4) is 0 Å². The number of hydrogen-bond acceptors (Lipinski definition) is 6. The van der Waals surface area contributed by atoms with Crippen LogP contribution in [0.4, 0.5) is 0 Å². The van der Waals surface area contributed by atoms with Crippen LogP contribution in [0.2, 0.25) is 0 Å². The van der Waals surface area contributed by atoms with Crippen LogP contribution in [-0.2, 0) is 9.53 Å². The maximum Gasteiger partial charge on any atom is 0.343 e. The van der Waals surface area contributed by atoms with Gasteiger partial charge < -0.3 is 9.47 Å². The van der Waals surface area contributed by atoms with Crippen molar-refractivity contribution in [2.45, 2.75) is 25.9 Å². The van der Waals surface area contributed by atoms with E-state index in [-0.39, 0.29) is 12.0 Å². The maximum atomic E-state index is 12.7. The van der Waals surface area contributed by atoms with Gasteiger partial charge in [-0.25, -0.2) is 4.79 Å². The molecule has 0 spiro atoms. The molecule has 154 valence electrons. The highest BCUT2D eigenvalue weighted by molar-refractivity contribution is 8.26. The second kappa shape index (κ2) is 9.12. The third-order valence-corrected chi connectivity index (χ3v) is 6.34. The predicted molar refractivity (Wildman–Crippen MR) is 121 cm³/mol. The molecule has 0 bridgehead atoms. The SMILES string of the molecule is Cc1ccc(C(=O)Oc2ccc(/C=C3\SC(=S)N(C[C@@H]4CCCO4)C3=O)cc2)cc1. The zero-order valence-corrected chi connectivity index (χ0v) is 18.1. The average molecular weight is 440 g/mol. The number of carbonyl (C=O) groups excluding carboxylic acids is 2. The van der Waals surface area contributed by atoms with Crippen molar-refractivity contribution in [3.63, 3.8) is 0 Å². The molecule has 2 heterocycles. The summed E-state index contributed by atoms with van der Waals surface area (Å²) in [7, 11) is 0. The Morgan fingerprint density at radius 3 is 2.63 bits per heavy atom. The average Bonchev–Trinajstić information content (AvgIpc) is 3.34. The molecular formula is C23H21NO4S2. The van der Waals surface area contributed by atoms with E-state index in [2.05, 4.69) is 0 Å². The molecule has 30 heavy (non-hydrogen) atoms. The first-order valence-corrected chi connectivity index (χ1v) is 11.0. The molecule has 2 aromatic rings. The molecule has 0 aliphatic carbocycles. The summed E-state index contributed by atoms with van der Waals surface area (Å²) in [6.45, 7) is 3.22. The molecule has 0 N–H and O–H groups in total. The Balaban J connectivity index is 1.40. The second-order valence-electron chi connectivity index (χ2n) is 7.25. The minimum Gasteiger partial charge on any atom is -0.423 e. The van der Waals surface area contributed by atoms with E-state index in [1.807, 2.05) is 31.2 Å². The molecule has 2 aromatic carbocycles. The number of thiocarbonyl (C=S) groups is 1. The van der Waals surface area contributed by atoms with Crippen molar-refractivity contribution < 1.29 is 19.1 Å². The molecule has 0 saturated carbocycles. The van der Waals surface area contributed by atoms with Crippen LogP contribution in [0.25, 0.3) is 6.08 Å². The van der Waals surface area contributed by atoms with Gasteiger partial charge in [0, 0.05) is 6.61 Å². The number of aryl methyl sites for hydroxylation is 1. The summed E-state index contributed by atoms with van der Waals surface area (Å²) >= 11 is 6.68. The van der Waals surface area contributed by atoms with Crippen molar-refractivity contribution in [2.75, 3.05) is 13.2 Å². The highest BCUT2D eigenvalue weighted by atomic mass is 32.2. The van der Waals surface area contributed by atoms with Crippen molar-refractivity contribution in [3.8, 4) is 5.75 Å². The smallest absolute Gasteiger partial charge is 0.343 e. The summed E-state index contributed by atoms with van der Waals surface area (Å²) in [5.41, 5.74) is 2.42. The molecule has 4 rings (SSSR count).